The van der Waals surface area contributed by atoms with E-state index in [9.17, 15) is 21.6 Å². The molecule has 10 heteroatoms. The number of nitrogens with zero attached hydrogens (tertiary/aromatic N) is 1. The number of ether oxygens (including phenoxy) is 1. The summed E-state index contributed by atoms with van der Waals surface area (Å²) in [7, 11) is -3.63. The lowest BCUT2D eigenvalue weighted by atomic mass is 10.1. The first kappa shape index (κ1) is 20.2. The second-order valence-corrected chi connectivity index (χ2v) is 8.99. The summed E-state index contributed by atoms with van der Waals surface area (Å²) in [6, 6.07) is 3.69. The molecule has 2 atom stereocenters. The highest BCUT2D eigenvalue weighted by atomic mass is 35.5. The van der Waals surface area contributed by atoms with Gasteiger partial charge in [0.2, 0.25) is 0 Å². The van der Waals surface area contributed by atoms with E-state index in [1.807, 2.05) is 0 Å². The zero-order valence-electron chi connectivity index (χ0n) is 14.6. The SMILES string of the molecule is Cc1[nH]c(C(OC2CCCC2(F)F)c2ccc(F)c(Cl)c2)nc1S(C)(=O)=O. The Morgan fingerprint density at radius 2 is 2.11 bits per heavy atom. The van der Waals surface area contributed by atoms with Crippen molar-refractivity contribution in [2.24, 2.45) is 0 Å². The number of hydrogen-bond acceptors (Lipinski definition) is 4. The van der Waals surface area contributed by atoms with E-state index in [-0.39, 0.29) is 40.0 Å². The Morgan fingerprint density at radius 1 is 1.41 bits per heavy atom. The number of imidazole rings is 1. The molecule has 1 fully saturated rings. The number of H-pyrrole nitrogens is 1. The van der Waals surface area contributed by atoms with Crippen molar-refractivity contribution in [2.45, 2.75) is 49.3 Å². The van der Waals surface area contributed by atoms with Gasteiger partial charge in [0, 0.05) is 12.7 Å². The first-order valence-corrected chi connectivity index (χ1v) is 10.5. The molecule has 0 spiro atoms. The summed E-state index contributed by atoms with van der Waals surface area (Å²) in [4.78, 5) is 6.84. The average Bonchev–Trinajstić information content (AvgIpc) is 3.09. The maximum atomic E-state index is 14.1. The Hall–Kier alpha value is -1.58. The fourth-order valence-corrected chi connectivity index (χ4v) is 4.22. The lowest BCUT2D eigenvalue weighted by molar-refractivity contribution is -0.135. The summed E-state index contributed by atoms with van der Waals surface area (Å²) < 4.78 is 71.1. The van der Waals surface area contributed by atoms with Gasteiger partial charge in [-0.15, -0.1) is 0 Å². The number of halogens is 4. The molecule has 148 valence electrons. The van der Waals surface area contributed by atoms with Gasteiger partial charge in [0.05, 0.1) is 10.7 Å². The fraction of sp³-hybridized carbons (Fsp3) is 0.471. The topological polar surface area (TPSA) is 72.0 Å². The number of hydrogen-bond donors (Lipinski definition) is 1. The third-order valence-corrected chi connectivity index (χ3v) is 5.84. The first-order chi connectivity index (χ1) is 12.5. The minimum absolute atomic E-state index is 0.0401. The van der Waals surface area contributed by atoms with Crippen molar-refractivity contribution in [1.29, 1.82) is 0 Å². The van der Waals surface area contributed by atoms with E-state index in [2.05, 4.69) is 9.97 Å². The van der Waals surface area contributed by atoms with Crippen LogP contribution in [-0.2, 0) is 14.6 Å². The Labute approximate surface area is 159 Å². The number of rotatable bonds is 5. The van der Waals surface area contributed by atoms with Crippen LogP contribution in [0.2, 0.25) is 5.02 Å². The van der Waals surface area contributed by atoms with Crippen LogP contribution in [0.3, 0.4) is 0 Å². The predicted molar refractivity (Wildman–Crippen MR) is 93.4 cm³/mol. The summed E-state index contributed by atoms with van der Waals surface area (Å²) in [5, 5.41) is -0.400. The molecule has 2 unspecified atom stereocenters. The lowest BCUT2D eigenvalue weighted by Crippen LogP contribution is -2.32. The molecule has 1 saturated carbocycles. The normalized spacial score (nSPS) is 20.7. The molecule has 1 heterocycles. The molecule has 5 nitrogen and oxygen atoms in total. The van der Waals surface area contributed by atoms with Gasteiger partial charge in [-0.05, 0) is 37.5 Å². The van der Waals surface area contributed by atoms with Crippen molar-refractivity contribution >= 4 is 21.4 Å². The van der Waals surface area contributed by atoms with Gasteiger partial charge in [-0.1, -0.05) is 17.7 Å². The monoisotopic (exact) mass is 422 g/mol. The van der Waals surface area contributed by atoms with Gasteiger partial charge < -0.3 is 9.72 Å². The van der Waals surface area contributed by atoms with E-state index in [4.69, 9.17) is 16.3 Å². The van der Waals surface area contributed by atoms with Gasteiger partial charge >= 0.3 is 0 Å². The molecule has 1 aromatic carbocycles. The minimum Gasteiger partial charge on any atom is -0.356 e. The van der Waals surface area contributed by atoms with Crippen LogP contribution in [0.5, 0.6) is 0 Å². The molecule has 0 bridgehead atoms. The smallest absolute Gasteiger partial charge is 0.273 e. The van der Waals surface area contributed by atoms with Crippen molar-refractivity contribution < 1.29 is 26.3 Å². The van der Waals surface area contributed by atoms with E-state index in [1.54, 1.807) is 0 Å². The molecule has 0 radical (unpaired) electrons. The molecular weight excluding hydrogens is 405 g/mol. The number of aromatic amines is 1. The Balaban J connectivity index is 2.06. The van der Waals surface area contributed by atoms with Crippen LogP contribution in [0.4, 0.5) is 13.2 Å². The minimum atomic E-state index is -3.63. The molecule has 2 aromatic rings. The zero-order chi connectivity index (χ0) is 20.0. The standard InChI is InChI=1S/C17H18ClF3N2O3S/c1-9-16(27(2,24)25)23-15(22-9)14(10-5-6-12(19)11(18)8-10)26-13-4-3-7-17(13,20)21/h5-6,8,13-14H,3-4,7H2,1-2H3,(H,22,23). The summed E-state index contributed by atoms with van der Waals surface area (Å²) >= 11 is 5.82. The van der Waals surface area contributed by atoms with Crippen molar-refractivity contribution in [3.05, 3.63) is 46.1 Å². The largest absolute Gasteiger partial charge is 0.356 e. The summed E-state index contributed by atoms with van der Waals surface area (Å²) in [6.45, 7) is 1.51. The Morgan fingerprint density at radius 3 is 2.63 bits per heavy atom. The van der Waals surface area contributed by atoms with Gasteiger partial charge in [-0.2, -0.15) is 0 Å². The molecule has 3 rings (SSSR count). The van der Waals surface area contributed by atoms with Crippen molar-refractivity contribution in [3.8, 4) is 0 Å². The summed E-state index contributed by atoms with van der Waals surface area (Å²) in [6.07, 6.45) is -1.35. The molecule has 0 amide bonds. The quantitative estimate of drug-likeness (QED) is 0.783. The van der Waals surface area contributed by atoms with E-state index >= 15 is 0 Å². The number of sulfone groups is 1. The van der Waals surface area contributed by atoms with Crippen LogP contribution in [0.25, 0.3) is 0 Å². The highest BCUT2D eigenvalue weighted by molar-refractivity contribution is 7.90. The van der Waals surface area contributed by atoms with Gasteiger partial charge in [0.25, 0.3) is 5.92 Å². The lowest BCUT2D eigenvalue weighted by Gasteiger charge is -2.25. The van der Waals surface area contributed by atoms with Crippen molar-refractivity contribution in [1.82, 2.24) is 9.97 Å². The molecule has 1 aromatic heterocycles. The molecule has 0 saturated heterocycles. The van der Waals surface area contributed by atoms with E-state index in [0.29, 0.717) is 6.42 Å². The molecule has 27 heavy (non-hydrogen) atoms. The average molecular weight is 423 g/mol. The zero-order valence-corrected chi connectivity index (χ0v) is 16.2. The van der Waals surface area contributed by atoms with Gasteiger partial charge in [-0.25, -0.2) is 26.6 Å². The van der Waals surface area contributed by atoms with E-state index in [1.165, 1.54) is 19.1 Å². The molecule has 1 N–H and O–H groups in total. The third kappa shape index (κ3) is 4.14. The van der Waals surface area contributed by atoms with Gasteiger partial charge in [-0.3, -0.25) is 0 Å². The van der Waals surface area contributed by atoms with Crippen LogP contribution in [-0.4, -0.2) is 36.7 Å². The second-order valence-electron chi connectivity index (χ2n) is 6.66. The van der Waals surface area contributed by atoms with E-state index < -0.39 is 33.8 Å². The van der Waals surface area contributed by atoms with Crippen LogP contribution < -0.4 is 0 Å². The highest BCUT2D eigenvalue weighted by Gasteiger charge is 2.46. The Kier molecular flexibility index (Phi) is 5.31. The first-order valence-electron chi connectivity index (χ1n) is 8.24. The molecule has 1 aliphatic carbocycles. The maximum Gasteiger partial charge on any atom is 0.273 e. The van der Waals surface area contributed by atoms with Crippen LogP contribution >= 0.6 is 11.6 Å². The number of benzene rings is 1. The van der Waals surface area contributed by atoms with E-state index in [0.717, 1.165) is 12.3 Å². The number of nitrogens with one attached hydrogen (secondary N) is 1. The Bertz CT molecular complexity index is 962. The summed E-state index contributed by atoms with van der Waals surface area (Å²) in [5.41, 5.74) is 0.547. The van der Waals surface area contributed by atoms with Crippen LogP contribution in [0.15, 0.2) is 23.2 Å². The molecule has 1 aliphatic rings. The fourth-order valence-electron chi connectivity index (χ4n) is 3.16. The number of aromatic nitrogens is 2. The summed E-state index contributed by atoms with van der Waals surface area (Å²) in [5.74, 6) is -3.64. The number of aryl methyl sites for hydroxylation is 1. The highest BCUT2D eigenvalue weighted by Crippen LogP contribution is 2.41. The van der Waals surface area contributed by atoms with Crippen molar-refractivity contribution in [3.63, 3.8) is 0 Å². The second kappa shape index (κ2) is 7.10. The third-order valence-electron chi connectivity index (χ3n) is 4.45. The molecule has 0 aliphatic heterocycles. The van der Waals surface area contributed by atoms with Crippen molar-refractivity contribution in [2.75, 3.05) is 6.26 Å². The maximum absolute atomic E-state index is 14.1. The van der Waals surface area contributed by atoms with Gasteiger partial charge in [0.15, 0.2) is 14.9 Å². The molecular formula is C17H18ClF3N2O3S. The van der Waals surface area contributed by atoms with Crippen LogP contribution in [0, 0.1) is 12.7 Å². The van der Waals surface area contributed by atoms with Gasteiger partial charge in [0.1, 0.15) is 23.8 Å². The predicted octanol–water partition coefficient (Wildman–Crippen LogP) is 4.21. The number of alkyl halides is 2. The van der Waals surface area contributed by atoms with Crippen LogP contribution in [0.1, 0.15) is 42.4 Å².